The van der Waals surface area contributed by atoms with Crippen LogP contribution in [0.4, 0.5) is 0 Å². The summed E-state index contributed by atoms with van der Waals surface area (Å²) >= 11 is 0. The van der Waals surface area contributed by atoms with Crippen molar-refractivity contribution < 1.29 is 9.90 Å². The van der Waals surface area contributed by atoms with E-state index < -0.39 is 5.97 Å². The van der Waals surface area contributed by atoms with E-state index in [2.05, 4.69) is 25.8 Å². The summed E-state index contributed by atoms with van der Waals surface area (Å²) in [6.07, 6.45) is 1.30. The lowest BCUT2D eigenvalue weighted by Gasteiger charge is -2.18. The smallest absolute Gasteiger partial charge is 0.307 e. The van der Waals surface area contributed by atoms with E-state index in [1.54, 1.807) is 0 Å². The molecule has 1 aromatic carbocycles. The van der Waals surface area contributed by atoms with Crippen molar-refractivity contribution in [1.29, 1.82) is 0 Å². The summed E-state index contributed by atoms with van der Waals surface area (Å²) in [4.78, 5) is 12.9. The zero-order chi connectivity index (χ0) is 13.5. The van der Waals surface area contributed by atoms with Gasteiger partial charge in [0.2, 0.25) is 0 Å². The van der Waals surface area contributed by atoms with E-state index in [0.717, 1.165) is 24.6 Å². The van der Waals surface area contributed by atoms with Gasteiger partial charge in [-0.25, -0.2) is 0 Å². The summed E-state index contributed by atoms with van der Waals surface area (Å²) in [7, 11) is 2.12. The fourth-order valence-electron chi connectivity index (χ4n) is 1.81. The van der Waals surface area contributed by atoms with Gasteiger partial charge in [0.05, 0.1) is 6.42 Å². The zero-order valence-corrected chi connectivity index (χ0v) is 11.5. The molecule has 0 bridgehead atoms. The maximum absolute atomic E-state index is 10.6. The predicted octanol–water partition coefficient (Wildman–Crippen LogP) is 2.79. The molecular formula is C15H23NO2. The van der Waals surface area contributed by atoms with Gasteiger partial charge in [0.15, 0.2) is 0 Å². The Morgan fingerprint density at radius 2 is 1.78 bits per heavy atom. The molecule has 0 heterocycles. The number of carboxylic acid groups (broad SMARTS) is 1. The third-order valence-electron chi connectivity index (χ3n) is 2.92. The number of carbonyl (C=O) groups is 1. The summed E-state index contributed by atoms with van der Waals surface area (Å²) in [6, 6.07) is 7.84. The van der Waals surface area contributed by atoms with Gasteiger partial charge in [-0.3, -0.25) is 4.79 Å². The van der Waals surface area contributed by atoms with Crippen molar-refractivity contribution in [3.8, 4) is 0 Å². The molecular weight excluding hydrogens is 226 g/mol. The Morgan fingerprint density at radius 1 is 1.22 bits per heavy atom. The monoisotopic (exact) mass is 249 g/mol. The first-order valence-electron chi connectivity index (χ1n) is 6.45. The predicted molar refractivity (Wildman–Crippen MR) is 73.6 cm³/mol. The Balaban J connectivity index is 2.45. The molecule has 0 radical (unpaired) electrons. The molecule has 3 nitrogen and oxygen atoms in total. The van der Waals surface area contributed by atoms with E-state index >= 15 is 0 Å². The van der Waals surface area contributed by atoms with Gasteiger partial charge in [-0.2, -0.15) is 0 Å². The minimum atomic E-state index is -0.781. The van der Waals surface area contributed by atoms with Gasteiger partial charge in [-0.05, 0) is 37.1 Å². The minimum Gasteiger partial charge on any atom is -0.481 e. The molecule has 3 heteroatoms. The van der Waals surface area contributed by atoms with Crippen LogP contribution < -0.4 is 0 Å². The molecule has 100 valence electrons. The van der Waals surface area contributed by atoms with Gasteiger partial charge >= 0.3 is 5.97 Å². The average Bonchev–Trinajstić information content (AvgIpc) is 2.28. The third kappa shape index (κ3) is 5.82. The number of hydrogen-bond donors (Lipinski definition) is 1. The number of nitrogens with zero attached hydrogens (tertiary/aromatic N) is 1. The largest absolute Gasteiger partial charge is 0.481 e. The zero-order valence-electron chi connectivity index (χ0n) is 11.5. The lowest BCUT2D eigenvalue weighted by atomic mass is 10.1. The van der Waals surface area contributed by atoms with Crippen LogP contribution in [0.25, 0.3) is 0 Å². The summed E-state index contributed by atoms with van der Waals surface area (Å²) in [5.74, 6) is -0.0535. The molecule has 0 fully saturated rings. The standard InChI is InChI=1S/C15H23NO2/c1-12(2)8-9-16(3)11-14-6-4-13(5-7-14)10-15(17)18/h4-7,12H,8-11H2,1-3H3,(H,17,18). The first kappa shape index (κ1) is 14.7. The van der Waals surface area contributed by atoms with Crippen LogP contribution in [-0.4, -0.2) is 29.6 Å². The van der Waals surface area contributed by atoms with E-state index in [4.69, 9.17) is 5.11 Å². The highest BCUT2D eigenvalue weighted by Gasteiger charge is 2.03. The number of benzene rings is 1. The number of carboxylic acids is 1. The van der Waals surface area contributed by atoms with Crippen LogP contribution in [0.15, 0.2) is 24.3 Å². The highest BCUT2D eigenvalue weighted by Crippen LogP contribution is 2.09. The van der Waals surface area contributed by atoms with Crippen LogP contribution in [0, 0.1) is 5.92 Å². The molecule has 1 aromatic rings. The molecule has 0 spiro atoms. The Labute approximate surface area is 109 Å². The lowest BCUT2D eigenvalue weighted by Crippen LogP contribution is -2.20. The van der Waals surface area contributed by atoms with Crippen LogP contribution >= 0.6 is 0 Å². The number of rotatable bonds is 7. The maximum atomic E-state index is 10.6. The summed E-state index contributed by atoms with van der Waals surface area (Å²) < 4.78 is 0. The highest BCUT2D eigenvalue weighted by atomic mass is 16.4. The second-order valence-electron chi connectivity index (χ2n) is 5.31. The molecule has 1 N–H and O–H groups in total. The molecule has 0 unspecified atom stereocenters. The number of hydrogen-bond acceptors (Lipinski definition) is 2. The highest BCUT2D eigenvalue weighted by molar-refractivity contribution is 5.70. The van der Waals surface area contributed by atoms with Crippen molar-refractivity contribution in [2.75, 3.05) is 13.6 Å². The van der Waals surface area contributed by atoms with Crippen molar-refractivity contribution in [2.45, 2.75) is 33.2 Å². The van der Waals surface area contributed by atoms with E-state index in [9.17, 15) is 4.79 Å². The molecule has 0 saturated heterocycles. The molecule has 0 aliphatic heterocycles. The third-order valence-corrected chi connectivity index (χ3v) is 2.92. The normalized spacial score (nSPS) is 11.2. The van der Waals surface area contributed by atoms with Crippen molar-refractivity contribution in [3.63, 3.8) is 0 Å². The first-order chi connectivity index (χ1) is 8.47. The van der Waals surface area contributed by atoms with Gasteiger partial charge in [-0.15, -0.1) is 0 Å². The summed E-state index contributed by atoms with van der Waals surface area (Å²) in [5.41, 5.74) is 2.09. The van der Waals surface area contributed by atoms with E-state index in [-0.39, 0.29) is 6.42 Å². The Bertz CT molecular complexity index is 371. The molecule has 0 aliphatic carbocycles. The second-order valence-corrected chi connectivity index (χ2v) is 5.31. The lowest BCUT2D eigenvalue weighted by molar-refractivity contribution is -0.136. The molecule has 0 amide bonds. The molecule has 0 atom stereocenters. The van der Waals surface area contributed by atoms with Gasteiger partial charge in [0.25, 0.3) is 0 Å². The van der Waals surface area contributed by atoms with E-state index in [0.29, 0.717) is 0 Å². The molecule has 0 saturated carbocycles. The van der Waals surface area contributed by atoms with Crippen LogP contribution in [0.3, 0.4) is 0 Å². The van der Waals surface area contributed by atoms with Crippen molar-refractivity contribution in [2.24, 2.45) is 5.92 Å². The Morgan fingerprint density at radius 3 is 2.28 bits per heavy atom. The first-order valence-corrected chi connectivity index (χ1v) is 6.45. The van der Waals surface area contributed by atoms with Crippen LogP contribution in [-0.2, 0) is 17.8 Å². The Kier molecular flexibility index (Phi) is 5.86. The summed E-state index contributed by atoms with van der Waals surface area (Å²) in [5, 5.41) is 8.70. The van der Waals surface area contributed by atoms with E-state index in [1.165, 1.54) is 12.0 Å². The van der Waals surface area contributed by atoms with Crippen LogP contribution in [0.5, 0.6) is 0 Å². The molecule has 0 aliphatic rings. The average molecular weight is 249 g/mol. The number of aliphatic carboxylic acids is 1. The minimum absolute atomic E-state index is 0.101. The maximum Gasteiger partial charge on any atom is 0.307 e. The van der Waals surface area contributed by atoms with Crippen LogP contribution in [0.2, 0.25) is 0 Å². The van der Waals surface area contributed by atoms with Crippen molar-refractivity contribution >= 4 is 5.97 Å². The fraction of sp³-hybridized carbons (Fsp3) is 0.533. The van der Waals surface area contributed by atoms with Gasteiger partial charge in [-0.1, -0.05) is 38.1 Å². The molecule has 0 aromatic heterocycles. The van der Waals surface area contributed by atoms with Gasteiger partial charge in [0.1, 0.15) is 0 Å². The molecule has 1 rings (SSSR count). The topological polar surface area (TPSA) is 40.5 Å². The van der Waals surface area contributed by atoms with Crippen molar-refractivity contribution in [3.05, 3.63) is 35.4 Å². The fourth-order valence-corrected chi connectivity index (χ4v) is 1.81. The molecule has 18 heavy (non-hydrogen) atoms. The van der Waals surface area contributed by atoms with Crippen LogP contribution in [0.1, 0.15) is 31.4 Å². The SMILES string of the molecule is CC(C)CCN(C)Cc1ccc(CC(=O)O)cc1. The quantitative estimate of drug-likeness (QED) is 0.807. The van der Waals surface area contributed by atoms with Crippen molar-refractivity contribution in [1.82, 2.24) is 4.90 Å². The Hall–Kier alpha value is -1.35. The van der Waals surface area contributed by atoms with Gasteiger partial charge in [0, 0.05) is 6.54 Å². The second kappa shape index (κ2) is 7.17. The summed E-state index contributed by atoms with van der Waals surface area (Å²) in [6.45, 7) is 6.47. The van der Waals surface area contributed by atoms with Gasteiger partial charge < -0.3 is 10.0 Å². The van der Waals surface area contributed by atoms with E-state index in [1.807, 2.05) is 24.3 Å².